The summed E-state index contributed by atoms with van der Waals surface area (Å²) in [5, 5.41) is 8.12. The molecular formula is C32H26. The van der Waals surface area contributed by atoms with Gasteiger partial charge in [-0.15, -0.1) is 0 Å². The zero-order chi connectivity index (χ0) is 21.9. The van der Waals surface area contributed by atoms with Gasteiger partial charge in [-0.25, -0.2) is 0 Å². The Labute approximate surface area is 189 Å². The predicted molar refractivity (Wildman–Crippen MR) is 140 cm³/mol. The van der Waals surface area contributed by atoms with Crippen LogP contribution in [-0.2, 0) is 5.41 Å². The molecule has 0 radical (unpaired) electrons. The second kappa shape index (κ2) is 6.93. The Morgan fingerprint density at radius 3 is 1.62 bits per heavy atom. The molecule has 154 valence electrons. The maximum absolute atomic E-state index is 2.35. The molecule has 6 aromatic rings. The van der Waals surface area contributed by atoms with Crippen molar-refractivity contribution < 1.29 is 0 Å². The van der Waals surface area contributed by atoms with Crippen LogP contribution in [-0.4, -0.2) is 0 Å². The number of rotatable bonds is 2. The van der Waals surface area contributed by atoms with E-state index in [1.165, 1.54) is 60.1 Å². The van der Waals surface area contributed by atoms with E-state index in [1.54, 1.807) is 0 Å². The van der Waals surface area contributed by atoms with Gasteiger partial charge >= 0.3 is 0 Å². The third kappa shape index (κ3) is 2.99. The lowest BCUT2D eigenvalue weighted by molar-refractivity contribution is 0.596. The van der Waals surface area contributed by atoms with Gasteiger partial charge in [0.1, 0.15) is 0 Å². The number of hydrogen-bond donors (Lipinski definition) is 0. The Balaban J connectivity index is 1.53. The van der Waals surface area contributed by atoms with Crippen molar-refractivity contribution in [3.8, 4) is 22.3 Å². The standard InChI is InChI=1S/C32H26/c1-32(2,3)29-18-16-24-13-14-25-19-27(20-26-15-17-28(29)31(24)30(25)26)23-11-9-22(10-12-23)21-7-5-4-6-8-21/h4-20H,1-3H3. The smallest absolute Gasteiger partial charge is 0.00238 e. The minimum absolute atomic E-state index is 0.119. The molecule has 6 rings (SSSR count). The van der Waals surface area contributed by atoms with Gasteiger partial charge in [0.15, 0.2) is 0 Å². The zero-order valence-electron chi connectivity index (χ0n) is 18.8. The van der Waals surface area contributed by atoms with Crippen LogP contribution in [0.25, 0.3) is 54.6 Å². The first-order valence-electron chi connectivity index (χ1n) is 11.4. The van der Waals surface area contributed by atoms with Crippen LogP contribution in [0, 0.1) is 0 Å². The summed E-state index contributed by atoms with van der Waals surface area (Å²) >= 11 is 0. The molecule has 0 aliphatic rings. The number of hydrogen-bond acceptors (Lipinski definition) is 0. The van der Waals surface area contributed by atoms with E-state index in [0.717, 1.165) is 0 Å². The van der Waals surface area contributed by atoms with Crippen molar-refractivity contribution in [2.75, 3.05) is 0 Å². The largest absolute Gasteiger partial charge is 0.0622 e. The maximum atomic E-state index is 2.35. The summed E-state index contributed by atoms with van der Waals surface area (Å²) in [4.78, 5) is 0. The van der Waals surface area contributed by atoms with Crippen LogP contribution < -0.4 is 0 Å². The highest BCUT2D eigenvalue weighted by Crippen LogP contribution is 2.41. The van der Waals surface area contributed by atoms with Crippen LogP contribution in [0.5, 0.6) is 0 Å². The molecule has 0 atom stereocenters. The average molecular weight is 411 g/mol. The molecule has 0 bridgehead atoms. The first kappa shape index (κ1) is 19.1. The third-order valence-corrected chi connectivity index (χ3v) is 6.73. The van der Waals surface area contributed by atoms with E-state index in [9.17, 15) is 0 Å². The summed E-state index contributed by atoms with van der Waals surface area (Å²) in [5.41, 5.74) is 6.57. The van der Waals surface area contributed by atoms with Crippen LogP contribution in [0.15, 0.2) is 103 Å². The molecule has 0 saturated carbocycles. The molecule has 0 fully saturated rings. The van der Waals surface area contributed by atoms with Crippen LogP contribution in [0.3, 0.4) is 0 Å². The van der Waals surface area contributed by atoms with Crippen LogP contribution in [0.4, 0.5) is 0 Å². The Morgan fingerprint density at radius 2 is 0.969 bits per heavy atom. The van der Waals surface area contributed by atoms with Crippen LogP contribution in [0.1, 0.15) is 26.3 Å². The summed E-state index contributed by atoms with van der Waals surface area (Å²) in [6.07, 6.45) is 0. The van der Waals surface area contributed by atoms with E-state index in [1.807, 2.05) is 0 Å². The molecule has 0 amide bonds. The van der Waals surface area contributed by atoms with E-state index in [2.05, 4.69) is 124 Å². The summed E-state index contributed by atoms with van der Waals surface area (Å²) in [6.45, 7) is 6.91. The van der Waals surface area contributed by atoms with E-state index in [4.69, 9.17) is 0 Å². The van der Waals surface area contributed by atoms with Crippen molar-refractivity contribution in [3.63, 3.8) is 0 Å². The van der Waals surface area contributed by atoms with Gasteiger partial charge in [0.25, 0.3) is 0 Å². The highest BCUT2D eigenvalue weighted by atomic mass is 14.2. The van der Waals surface area contributed by atoms with Crippen molar-refractivity contribution in [2.24, 2.45) is 0 Å². The van der Waals surface area contributed by atoms with E-state index < -0.39 is 0 Å². The lowest BCUT2D eigenvalue weighted by atomic mass is 9.81. The van der Waals surface area contributed by atoms with Gasteiger partial charge in [-0.3, -0.25) is 0 Å². The van der Waals surface area contributed by atoms with E-state index >= 15 is 0 Å². The summed E-state index contributed by atoms with van der Waals surface area (Å²) in [5.74, 6) is 0. The van der Waals surface area contributed by atoms with Gasteiger partial charge in [-0.2, -0.15) is 0 Å². The highest BCUT2D eigenvalue weighted by Gasteiger charge is 2.19. The SMILES string of the molecule is CC(C)(C)c1ccc2ccc3cc(-c4ccc(-c5ccccc5)cc4)cc4ccc1c2c34. The average Bonchev–Trinajstić information content (AvgIpc) is 2.82. The molecule has 6 aromatic carbocycles. The molecule has 0 unspecified atom stereocenters. The Bertz CT molecular complexity index is 1540. The Morgan fingerprint density at radius 1 is 0.438 bits per heavy atom. The lowest BCUT2D eigenvalue weighted by Gasteiger charge is -2.23. The minimum atomic E-state index is 0.119. The molecule has 0 N–H and O–H groups in total. The van der Waals surface area contributed by atoms with Gasteiger partial charge in [0.2, 0.25) is 0 Å². The van der Waals surface area contributed by atoms with Crippen LogP contribution >= 0.6 is 0 Å². The summed E-state index contributed by atoms with van der Waals surface area (Å²) in [6, 6.07) is 38.0. The predicted octanol–water partition coefficient (Wildman–Crippen LogP) is 9.22. The Hall–Kier alpha value is -3.64. The third-order valence-electron chi connectivity index (χ3n) is 6.73. The monoisotopic (exact) mass is 410 g/mol. The first-order chi connectivity index (χ1) is 15.5. The summed E-state index contributed by atoms with van der Waals surface area (Å²) < 4.78 is 0. The molecule has 0 aromatic heterocycles. The van der Waals surface area contributed by atoms with Gasteiger partial charge in [0, 0.05) is 0 Å². The number of benzene rings is 6. The fraction of sp³-hybridized carbons (Fsp3) is 0.125. The second-order valence-corrected chi connectivity index (χ2v) is 9.88. The quantitative estimate of drug-likeness (QED) is 0.250. The fourth-order valence-electron chi connectivity index (χ4n) is 5.13. The molecule has 0 heterocycles. The Kier molecular flexibility index (Phi) is 4.13. The molecule has 32 heavy (non-hydrogen) atoms. The summed E-state index contributed by atoms with van der Waals surface area (Å²) in [7, 11) is 0. The van der Waals surface area contributed by atoms with Crippen molar-refractivity contribution in [2.45, 2.75) is 26.2 Å². The normalized spacial score (nSPS) is 12.2. The first-order valence-corrected chi connectivity index (χ1v) is 11.4. The van der Waals surface area contributed by atoms with Crippen LogP contribution in [0.2, 0.25) is 0 Å². The molecule has 0 aliphatic heterocycles. The maximum Gasteiger partial charge on any atom is -0.00238 e. The highest BCUT2D eigenvalue weighted by molar-refractivity contribution is 6.24. The molecule has 0 spiro atoms. The molecular weight excluding hydrogens is 384 g/mol. The van der Waals surface area contributed by atoms with Gasteiger partial charge in [0.05, 0.1) is 0 Å². The topological polar surface area (TPSA) is 0 Å². The van der Waals surface area contributed by atoms with Crippen molar-refractivity contribution in [1.29, 1.82) is 0 Å². The second-order valence-electron chi connectivity index (χ2n) is 9.88. The van der Waals surface area contributed by atoms with Crippen molar-refractivity contribution in [3.05, 3.63) is 109 Å². The minimum Gasteiger partial charge on any atom is -0.0622 e. The molecule has 0 nitrogen and oxygen atoms in total. The zero-order valence-corrected chi connectivity index (χ0v) is 18.8. The van der Waals surface area contributed by atoms with Crippen molar-refractivity contribution in [1.82, 2.24) is 0 Å². The van der Waals surface area contributed by atoms with Gasteiger partial charge < -0.3 is 0 Å². The molecule has 0 aliphatic carbocycles. The van der Waals surface area contributed by atoms with Crippen molar-refractivity contribution >= 4 is 32.3 Å². The molecule has 0 heteroatoms. The van der Waals surface area contributed by atoms with Gasteiger partial charge in [-0.1, -0.05) is 112 Å². The van der Waals surface area contributed by atoms with E-state index in [-0.39, 0.29) is 5.41 Å². The lowest BCUT2D eigenvalue weighted by Crippen LogP contribution is -2.11. The van der Waals surface area contributed by atoms with E-state index in [0.29, 0.717) is 0 Å². The van der Waals surface area contributed by atoms with Gasteiger partial charge in [-0.05, 0) is 77.7 Å². The fourth-order valence-corrected chi connectivity index (χ4v) is 5.13. The molecule has 0 saturated heterocycles.